The number of aromatic nitrogens is 2. The highest BCUT2D eigenvalue weighted by Crippen LogP contribution is 2.20. The molecule has 0 atom stereocenters. The number of aryl methyl sites for hydroxylation is 1. The van der Waals surface area contributed by atoms with E-state index in [-0.39, 0.29) is 16.9 Å². The highest BCUT2D eigenvalue weighted by molar-refractivity contribution is 6.30. The number of carbonyl (C=O) groups is 1. The third kappa shape index (κ3) is 2.96. The van der Waals surface area contributed by atoms with E-state index in [1.165, 1.54) is 6.20 Å². The van der Waals surface area contributed by atoms with Crippen LogP contribution in [-0.4, -0.2) is 15.9 Å². The Hall–Kier alpha value is -1.16. The zero-order chi connectivity index (χ0) is 10.6. The molecule has 1 heterocycles. The van der Waals surface area contributed by atoms with Crippen LogP contribution in [0.1, 0.15) is 25.6 Å². The smallest absolute Gasteiger partial charge is 0.311 e. The summed E-state index contributed by atoms with van der Waals surface area (Å²) in [5.74, 6) is 0.447. The minimum absolute atomic E-state index is 0.168. The first-order valence-corrected chi connectivity index (χ1v) is 4.71. The maximum atomic E-state index is 11.1. The van der Waals surface area contributed by atoms with Crippen LogP contribution in [0.5, 0.6) is 5.75 Å². The van der Waals surface area contributed by atoms with Gasteiger partial charge in [-0.05, 0) is 13.3 Å². The van der Waals surface area contributed by atoms with Crippen LogP contribution < -0.4 is 4.74 Å². The Morgan fingerprint density at radius 1 is 1.64 bits per heavy atom. The van der Waals surface area contributed by atoms with Crippen molar-refractivity contribution in [3.8, 4) is 5.75 Å². The zero-order valence-corrected chi connectivity index (χ0v) is 8.84. The van der Waals surface area contributed by atoms with E-state index in [1.54, 1.807) is 6.92 Å². The minimum atomic E-state index is -0.318. The molecule has 4 nitrogen and oxygen atoms in total. The molecule has 5 heteroatoms. The summed E-state index contributed by atoms with van der Waals surface area (Å²) in [5, 5.41) is 0.168. The molecule has 0 amide bonds. The molecule has 0 N–H and O–H groups in total. The lowest BCUT2D eigenvalue weighted by Gasteiger charge is -2.04. The quantitative estimate of drug-likeness (QED) is 0.572. The highest BCUT2D eigenvalue weighted by Gasteiger charge is 2.08. The molecule has 14 heavy (non-hydrogen) atoms. The molecule has 0 aliphatic rings. The van der Waals surface area contributed by atoms with Gasteiger partial charge in [-0.2, -0.15) is 0 Å². The van der Waals surface area contributed by atoms with E-state index in [2.05, 4.69) is 9.97 Å². The van der Waals surface area contributed by atoms with Crippen LogP contribution in [0.3, 0.4) is 0 Å². The van der Waals surface area contributed by atoms with Crippen LogP contribution >= 0.6 is 11.6 Å². The molecule has 0 aliphatic heterocycles. The molecular formula is C9H11ClN2O2. The standard InChI is InChI=1S/C9H11ClN2O2/c1-3-4-8(13)14-7-5-11-6(2)12-9(7)10/h5H,3-4H2,1-2H3. The molecule has 0 unspecified atom stereocenters. The van der Waals surface area contributed by atoms with Crippen LogP contribution in [0, 0.1) is 6.92 Å². The van der Waals surface area contributed by atoms with Crippen molar-refractivity contribution < 1.29 is 9.53 Å². The first-order chi connectivity index (χ1) is 6.63. The first kappa shape index (κ1) is 10.9. The van der Waals surface area contributed by atoms with Gasteiger partial charge in [0.2, 0.25) is 0 Å². The van der Waals surface area contributed by atoms with Gasteiger partial charge in [-0.1, -0.05) is 18.5 Å². The Bertz CT molecular complexity index is 342. The minimum Gasteiger partial charge on any atom is -0.422 e. The maximum Gasteiger partial charge on any atom is 0.311 e. The molecule has 0 spiro atoms. The summed E-state index contributed by atoms with van der Waals surface area (Å²) in [6.45, 7) is 3.61. The number of hydrogen-bond donors (Lipinski definition) is 0. The average molecular weight is 215 g/mol. The third-order valence-electron chi connectivity index (χ3n) is 1.51. The van der Waals surface area contributed by atoms with Crippen LogP contribution in [0.15, 0.2) is 6.20 Å². The monoisotopic (exact) mass is 214 g/mol. The van der Waals surface area contributed by atoms with Crippen molar-refractivity contribution in [1.29, 1.82) is 0 Å². The molecule has 1 aromatic rings. The van der Waals surface area contributed by atoms with Crippen molar-refractivity contribution >= 4 is 17.6 Å². The third-order valence-corrected chi connectivity index (χ3v) is 1.78. The molecule has 0 aliphatic carbocycles. The van der Waals surface area contributed by atoms with E-state index in [0.29, 0.717) is 12.2 Å². The number of esters is 1. The fourth-order valence-corrected chi connectivity index (χ4v) is 1.09. The van der Waals surface area contributed by atoms with Gasteiger partial charge in [0.25, 0.3) is 0 Å². The lowest BCUT2D eigenvalue weighted by atomic mass is 10.3. The number of rotatable bonds is 3. The normalized spacial score (nSPS) is 9.93. The summed E-state index contributed by atoms with van der Waals surface area (Å²) in [6.07, 6.45) is 2.51. The zero-order valence-electron chi connectivity index (χ0n) is 8.08. The van der Waals surface area contributed by atoms with Crippen molar-refractivity contribution in [1.82, 2.24) is 9.97 Å². The summed E-state index contributed by atoms with van der Waals surface area (Å²) in [5.41, 5.74) is 0. The van der Waals surface area contributed by atoms with Crippen LogP contribution in [0.4, 0.5) is 0 Å². The van der Waals surface area contributed by atoms with Gasteiger partial charge in [0.1, 0.15) is 5.82 Å². The fourth-order valence-electron chi connectivity index (χ4n) is 0.878. The summed E-state index contributed by atoms with van der Waals surface area (Å²) in [7, 11) is 0. The molecule has 1 rings (SSSR count). The second kappa shape index (κ2) is 4.91. The SMILES string of the molecule is CCCC(=O)Oc1cnc(C)nc1Cl. The van der Waals surface area contributed by atoms with Gasteiger partial charge in [-0.3, -0.25) is 4.79 Å². The molecule has 0 radical (unpaired) electrons. The maximum absolute atomic E-state index is 11.1. The van der Waals surface area contributed by atoms with Crippen LogP contribution in [0.25, 0.3) is 0 Å². The van der Waals surface area contributed by atoms with Gasteiger partial charge in [0.05, 0.1) is 6.20 Å². The van der Waals surface area contributed by atoms with Crippen molar-refractivity contribution in [3.05, 3.63) is 17.2 Å². The average Bonchev–Trinajstić information content (AvgIpc) is 2.10. The molecule has 0 saturated carbocycles. The molecule has 0 fully saturated rings. The van der Waals surface area contributed by atoms with E-state index in [4.69, 9.17) is 16.3 Å². The van der Waals surface area contributed by atoms with Gasteiger partial charge < -0.3 is 4.74 Å². The van der Waals surface area contributed by atoms with E-state index < -0.39 is 0 Å². The Balaban J connectivity index is 2.72. The Morgan fingerprint density at radius 3 is 2.93 bits per heavy atom. The Morgan fingerprint density at radius 2 is 2.36 bits per heavy atom. The number of halogens is 1. The molecule has 0 saturated heterocycles. The molecular weight excluding hydrogens is 204 g/mol. The summed E-state index contributed by atoms with van der Waals surface area (Å²) >= 11 is 5.75. The molecule has 0 aromatic carbocycles. The van der Waals surface area contributed by atoms with Crippen molar-refractivity contribution in [2.24, 2.45) is 0 Å². The molecule has 76 valence electrons. The lowest BCUT2D eigenvalue weighted by molar-refractivity contribution is -0.134. The van der Waals surface area contributed by atoms with Gasteiger partial charge in [0.15, 0.2) is 10.9 Å². The first-order valence-electron chi connectivity index (χ1n) is 4.33. The fraction of sp³-hybridized carbons (Fsp3) is 0.444. The van der Waals surface area contributed by atoms with Gasteiger partial charge in [0, 0.05) is 6.42 Å². The number of hydrogen-bond acceptors (Lipinski definition) is 4. The number of carbonyl (C=O) groups excluding carboxylic acids is 1. The second-order valence-electron chi connectivity index (χ2n) is 2.80. The van der Waals surface area contributed by atoms with Gasteiger partial charge >= 0.3 is 5.97 Å². The lowest BCUT2D eigenvalue weighted by Crippen LogP contribution is -2.08. The molecule has 1 aromatic heterocycles. The topological polar surface area (TPSA) is 52.1 Å². The van der Waals surface area contributed by atoms with Crippen molar-refractivity contribution in [2.45, 2.75) is 26.7 Å². The number of ether oxygens (including phenoxy) is 1. The van der Waals surface area contributed by atoms with Crippen molar-refractivity contribution in [2.75, 3.05) is 0 Å². The van der Waals surface area contributed by atoms with E-state index in [9.17, 15) is 4.79 Å². The van der Waals surface area contributed by atoms with Gasteiger partial charge in [-0.25, -0.2) is 9.97 Å². The number of nitrogens with zero attached hydrogens (tertiary/aromatic N) is 2. The largest absolute Gasteiger partial charge is 0.422 e. The summed E-state index contributed by atoms with van der Waals surface area (Å²) in [4.78, 5) is 18.9. The Labute approximate surface area is 87.3 Å². The highest BCUT2D eigenvalue weighted by atomic mass is 35.5. The predicted octanol–water partition coefficient (Wildman–Crippen LogP) is 2.14. The molecule has 0 bridgehead atoms. The van der Waals surface area contributed by atoms with E-state index >= 15 is 0 Å². The second-order valence-corrected chi connectivity index (χ2v) is 3.15. The van der Waals surface area contributed by atoms with Crippen molar-refractivity contribution in [3.63, 3.8) is 0 Å². The predicted molar refractivity (Wildman–Crippen MR) is 52.3 cm³/mol. The van der Waals surface area contributed by atoms with Crippen LogP contribution in [0.2, 0.25) is 5.15 Å². The van der Waals surface area contributed by atoms with Gasteiger partial charge in [-0.15, -0.1) is 0 Å². The Kier molecular flexibility index (Phi) is 3.83. The summed E-state index contributed by atoms with van der Waals surface area (Å²) < 4.78 is 4.94. The summed E-state index contributed by atoms with van der Waals surface area (Å²) in [6, 6.07) is 0. The van der Waals surface area contributed by atoms with E-state index in [1.807, 2.05) is 6.92 Å². The van der Waals surface area contributed by atoms with Crippen LogP contribution in [-0.2, 0) is 4.79 Å². The van der Waals surface area contributed by atoms with E-state index in [0.717, 1.165) is 6.42 Å².